The van der Waals surface area contributed by atoms with E-state index >= 15 is 0 Å². The number of hydrogen-bond acceptors (Lipinski definition) is 4. The van der Waals surface area contributed by atoms with Gasteiger partial charge in [-0.05, 0) is 44.4 Å². The Morgan fingerprint density at radius 1 is 1.38 bits per heavy atom. The molecule has 0 spiro atoms. The van der Waals surface area contributed by atoms with Crippen LogP contribution in [-0.2, 0) is 6.54 Å². The fourth-order valence-corrected chi connectivity index (χ4v) is 2.83. The van der Waals surface area contributed by atoms with Gasteiger partial charge in [-0.15, -0.1) is 0 Å². The highest BCUT2D eigenvalue weighted by Crippen LogP contribution is 2.21. The zero-order chi connectivity index (χ0) is 14.5. The minimum Gasteiger partial charge on any atom is -0.359 e. The first-order valence-electron chi connectivity index (χ1n) is 7.51. The third kappa shape index (κ3) is 3.79. The predicted molar refractivity (Wildman–Crippen MR) is 82.5 cm³/mol. The fourth-order valence-electron chi connectivity index (χ4n) is 2.83. The first kappa shape index (κ1) is 14.0. The van der Waals surface area contributed by atoms with Crippen molar-refractivity contribution in [3.8, 4) is 11.3 Å². The van der Waals surface area contributed by atoms with Crippen LogP contribution in [0.3, 0.4) is 0 Å². The van der Waals surface area contributed by atoms with Gasteiger partial charge in [0.25, 0.3) is 0 Å². The van der Waals surface area contributed by atoms with Gasteiger partial charge in [0, 0.05) is 30.6 Å². The van der Waals surface area contributed by atoms with Gasteiger partial charge in [-0.25, -0.2) is 0 Å². The highest BCUT2D eigenvalue weighted by molar-refractivity contribution is 5.57. The monoisotopic (exact) mass is 283 g/mol. The molecule has 2 aromatic heterocycles. The summed E-state index contributed by atoms with van der Waals surface area (Å²) in [5.41, 5.74) is 1.85. The average molecular weight is 283 g/mol. The molecule has 0 amide bonds. The maximum absolute atomic E-state index is 5.45. The lowest BCUT2D eigenvalue weighted by atomic mass is 9.94. The van der Waals surface area contributed by atoms with Crippen molar-refractivity contribution in [2.45, 2.75) is 25.8 Å². The summed E-state index contributed by atoms with van der Waals surface area (Å²) in [5.74, 6) is 1.67. The molecule has 2 heterocycles. The zero-order valence-corrected chi connectivity index (χ0v) is 12.4. The van der Waals surface area contributed by atoms with E-state index in [-0.39, 0.29) is 0 Å². The lowest BCUT2D eigenvalue weighted by Gasteiger charge is -2.23. The fraction of sp³-hybridized carbons (Fsp3) is 0.412. The van der Waals surface area contributed by atoms with Crippen LogP contribution in [-0.4, -0.2) is 28.6 Å². The number of allylic oxidation sites excluding steroid dienone is 2. The molecule has 4 heteroatoms. The van der Waals surface area contributed by atoms with E-state index in [1.807, 2.05) is 18.2 Å². The molecule has 0 saturated heterocycles. The largest absolute Gasteiger partial charge is 0.359 e. The second kappa shape index (κ2) is 6.68. The Morgan fingerprint density at radius 2 is 2.33 bits per heavy atom. The molecular formula is C17H21N3O. The van der Waals surface area contributed by atoms with Crippen LogP contribution in [0.2, 0.25) is 0 Å². The second-order valence-corrected chi connectivity index (χ2v) is 5.77. The Kier molecular flexibility index (Phi) is 4.46. The number of hydrogen-bond donors (Lipinski definition) is 0. The number of rotatable bonds is 5. The van der Waals surface area contributed by atoms with Crippen LogP contribution < -0.4 is 0 Å². The van der Waals surface area contributed by atoms with E-state index in [0.717, 1.165) is 36.0 Å². The van der Waals surface area contributed by atoms with Crippen molar-refractivity contribution >= 4 is 0 Å². The molecule has 0 saturated carbocycles. The molecule has 1 aliphatic rings. The van der Waals surface area contributed by atoms with Crippen molar-refractivity contribution in [2.24, 2.45) is 5.92 Å². The lowest BCUT2D eigenvalue weighted by molar-refractivity contribution is 0.230. The summed E-state index contributed by atoms with van der Waals surface area (Å²) in [7, 11) is 2.14. The summed E-state index contributed by atoms with van der Waals surface area (Å²) in [6.45, 7) is 1.90. The van der Waals surface area contributed by atoms with E-state index in [0.29, 0.717) is 0 Å². The molecule has 4 nitrogen and oxygen atoms in total. The smallest absolute Gasteiger partial charge is 0.151 e. The molecule has 3 rings (SSSR count). The molecule has 0 radical (unpaired) electrons. The van der Waals surface area contributed by atoms with Crippen molar-refractivity contribution < 1.29 is 4.52 Å². The zero-order valence-electron chi connectivity index (χ0n) is 12.4. The van der Waals surface area contributed by atoms with Crippen LogP contribution in [0.1, 0.15) is 25.0 Å². The maximum Gasteiger partial charge on any atom is 0.151 e. The Bertz CT molecular complexity index is 591. The van der Waals surface area contributed by atoms with Crippen LogP contribution in [0, 0.1) is 5.92 Å². The van der Waals surface area contributed by atoms with E-state index in [2.05, 4.69) is 34.2 Å². The molecule has 2 aromatic rings. The Balaban J connectivity index is 1.58. The van der Waals surface area contributed by atoms with Crippen molar-refractivity contribution in [3.05, 3.63) is 48.5 Å². The predicted octanol–water partition coefficient (Wildman–Crippen LogP) is 3.52. The van der Waals surface area contributed by atoms with Crippen molar-refractivity contribution in [1.82, 2.24) is 15.0 Å². The summed E-state index contributed by atoms with van der Waals surface area (Å²) in [5, 5.41) is 4.13. The van der Waals surface area contributed by atoms with Crippen molar-refractivity contribution in [3.63, 3.8) is 0 Å². The lowest BCUT2D eigenvalue weighted by Crippen LogP contribution is -2.25. The summed E-state index contributed by atoms with van der Waals surface area (Å²) in [6.07, 6.45) is 11.9. The normalized spacial score (nSPS) is 18.3. The Hall–Kier alpha value is -1.94. The standard InChI is InChI=1S/C17H21N3O/c1-20(12-14-6-3-2-4-7-14)13-16-10-17(19-21-16)15-8-5-9-18-11-15/h2-3,5,8-11,14H,4,6-7,12-13H2,1H3/t14-/m0/s1. The molecule has 1 aliphatic carbocycles. The number of pyridine rings is 1. The third-order valence-corrected chi connectivity index (χ3v) is 3.89. The molecule has 0 aliphatic heterocycles. The summed E-state index contributed by atoms with van der Waals surface area (Å²) >= 11 is 0. The van der Waals surface area contributed by atoms with Crippen molar-refractivity contribution in [1.29, 1.82) is 0 Å². The van der Waals surface area contributed by atoms with Gasteiger partial charge in [-0.1, -0.05) is 17.3 Å². The third-order valence-electron chi connectivity index (χ3n) is 3.89. The first-order chi connectivity index (χ1) is 10.3. The average Bonchev–Trinajstić information content (AvgIpc) is 2.97. The van der Waals surface area contributed by atoms with Crippen molar-refractivity contribution in [2.75, 3.05) is 13.6 Å². The van der Waals surface area contributed by atoms with Gasteiger partial charge in [0.05, 0.1) is 6.54 Å². The molecule has 0 bridgehead atoms. The molecule has 0 aromatic carbocycles. The first-order valence-corrected chi connectivity index (χ1v) is 7.51. The van der Waals surface area contributed by atoms with Gasteiger partial charge in [0.15, 0.2) is 5.76 Å². The van der Waals surface area contributed by atoms with Crippen LogP contribution >= 0.6 is 0 Å². The van der Waals surface area contributed by atoms with Crippen LogP contribution in [0.15, 0.2) is 47.3 Å². The van der Waals surface area contributed by atoms with Crippen LogP contribution in [0.5, 0.6) is 0 Å². The summed E-state index contributed by atoms with van der Waals surface area (Å²) in [4.78, 5) is 6.43. The second-order valence-electron chi connectivity index (χ2n) is 5.77. The molecule has 1 atom stereocenters. The number of aromatic nitrogens is 2. The quantitative estimate of drug-likeness (QED) is 0.787. The SMILES string of the molecule is CN(Cc1cc(-c2cccnc2)no1)C[C@H]1CC=CCC1. The van der Waals surface area contributed by atoms with Gasteiger partial charge in [-0.3, -0.25) is 9.88 Å². The van der Waals surface area contributed by atoms with Gasteiger partial charge < -0.3 is 4.52 Å². The summed E-state index contributed by atoms with van der Waals surface area (Å²) < 4.78 is 5.45. The molecule has 21 heavy (non-hydrogen) atoms. The van der Waals surface area contributed by atoms with E-state index in [9.17, 15) is 0 Å². The minimum absolute atomic E-state index is 0.765. The van der Waals surface area contributed by atoms with Crippen LogP contribution in [0.4, 0.5) is 0 Å². The van der Waals surface area contributed by atoms with Gasteiger partial charge in [0.1, 0.15) is 5.69 Å². The van der Waals surface area contributed by atoms with E-state index in [4.69, 9.17) is 4.52 Å². The van der Waals surface area contributed by atoms with E-state index in [1.54, 1.807) is 12.4 Å². The molecule has 0 unspecified atom stereocenters. The summed E-state index contributed by atoms with van der Waals surface area (Å²) in [6, 6.07) is 5.91. The minimum atomic E-state index is 0.765. The maximum atomic E-state index is 5.45. The molecule has 0 N–H and O–H groups in total. The number of nitrogens with zero attached hydrogens (tertiary/aromatic N) is 3. The van der Waals surface area contributed by atoms with Crippen LogP contribution in [0.25, 0.3) is 11.3 Å². The molecule has 0 fully saturated rings. The van der Waals surface area contributed by atoms with E-state index < -0.39 is 0 Å². The Labute approximate surface area is 125 Å². The van der Waals surface area contributed by atoms with Gasteiger partial charge in [-0.2, -0.15) is 0 Å². The molecular weight excluding hydrogens is 262 g/mol. The Morgan fingerprint density at radius 3 is 3.10 bits per heavy atom. The van der Waals surface area contributed by atoms with Gasteiger partial charge >= 0.3 is 0 Å². The highest BCUT2D eigenvalue weighted by atomic mass is 16.5. The van der Waals surface area contributed by atoms with Gasteiger partial charge in [0.2, 0.25) is 0 Å². The highest BCUT2D eigenvalue weighted by Gasteiger charge is 2.14. The van der Waals surface area contributed by atoms with E-state index in [1.165, 1.54) is 19.3 Å². The topological polar surface area (TPSA) is 42.2 Å². The molecule has 110 valence electrons.